The lowest BCUT2D eigenvalue weighted by molar-refractivity contribution is 0.255. The zero-order valence-electron chi connectivity index (χ0n) is 11.8. The minimum Gasteiger partial charge on any atom is -0.313 e. The van der Waals surface area contributed by atoms with Crippen molar-refractivity contribution in [2.24, 2.45) is 0 Å². The Kier molecular flexibility index (Phi) is 5.21. The van der Waals surface area contributed by atoms with Gasteiger partial charge in [0.2, 0.25) is 0 Å². The fraction of sp³-hybridized carbons (Fsp3) is 0.625. The van der Waals surface area contributed by atoms with E-state index in [1.807, 2.05) is 0 Å². The predicted molar refractivity (Wildman–Crippen MR) is 77.5 cm³/mol. The van der Waals surface area contributed by atoms with Gasteiger partial charge in [0.1, 0.15) is 0 Å². The van der Waals surface area contributed by atoms with Crippen LogP contribution in [-0.4, -0.2) is 24.0 Å². The molecule has 1 N–H and O–H groups in total. The molecule has 0 aromatic heterocycles. The number of hydrogen-bond acceptors (Lipinski definition) is 2. The van der Waals surface area contributed by atoms with Crippen molar-refractivity contribution in [2.45, 2.75) is 52.2 Å². The molecule has 0 bridgehead atoms. The molecule has 0 saturated heterocycles. The smallest absolute Gasteiger partial charge is 0.0236 e. The van der Waals surface area contributed by atoms with Gasteiger partial charge in [0.25, 0.3) is 0 Å². The van der Waals surface area contributed by atoms with Gasteiger partial charge in [0.05, 0.1) is 0 Å². The van der Waals surface area contributed by atoms with E-state index >= 15 is 0 Å². The van der Waals surface area contributed by atoms with Crippen molar-refractivity contribution in [3.8, 4) is 0 Å². The summed E-state index contributed by atoms with van der Waals surface area (Å²) in [6.07, 6.45) is 4.06. The second-order valence-electron chi connectivity index (χ2n) is 5.30. The Morgan fingerprint density at radius 3 is 2.33 bits per heavy atom. The molecule has 2 heteroatoms. The molecule has 100 valence electrons. The van der Waals surface area contributed by atoms with Gasteiger partial charge in [-0.05, 0) is 43.5 Å². The van der Waals surface area contributed by atoms with Crippen LogP contribution in [-0.2, 0) is 13.1 Å². The molecule has 0 radical (unpaired) electrons. The van der Waals surface area contributed by atoms with Crippen LogP contribution in [0, 0.1) is 0 Å². The maximum absolute atomic E-state index is 3.36. The van der Waals surface area contributed by atoms with Crippen LogP contribution in [0.4, 0.5) is 0 Å². The quantitative estimate of drug-likeness (QED) is 0.758. The van der Waals surface area contributed by atoms with Gasteiger partial charge in [-0.3, -0.25) is 4.90 Å². The highest BCUT2D eigenvalue weighted by Crippen LogP contribution is 2.28. The second-order valence-corrected chi connectivity index (χ2v) is 5.30. The van der Waals surface area contributed by atoms with Crippen LogP contribution in [0.3, 0.4) is 0 Å². The van der Waals surface area contributed by atoms with Crippen LogP contribution in [0.15, 0.2) is 24.3 Å². The topological polar surface area (TPSA) is 15.3 Å². The van der Waals surface area contributed by atoms with E-state index in [1.54, 1.807) is 0 Å². The minimum absolute atomic E-state index is 0.867. The number of benzene rings is 1. The molecule has 1 aliphatic rings. The number of rotatable bonds is 8. The fourth-order valence-electron chi connectivity index (χ4n) is 2.38. The van der Waals surface area contributed by atoms with Crippen molar-refractivity contribution in [1.29, 1.82) is 0 Å². The van der Waals surface area contributed by atoms with Crippen LogP contribution in [0.25, 0.3) is 0 Å². The van der Waals surface area contributed by atoms with Gasteiger partial charge in [-0.25, -0.2) is 0 Å². The van der Waals surface area contributed by atoms with Crippen molar-refractivity contribution in [1.82, 2.24) is 10.2 Å². The van der Waals surface area contributed by atoms with Gasteiger partial charge >= 0.3 is 0 Å². The molecule has 1 saturated carbocycles. The third-order valence-corrected chi connectivity index (χ3v) is 3.56. The van der Waals surface area contributed by atoms with Gasteiger partial charge in [0.15, 0.2) is 0 Å². The van der Waals surface area contributed by atoms with E-state index < -0.39 is 0 Å². The van der Waals surface area contributed by atoms with Crippen LogP contribution in [0.1, 0.15) is 44.2 Å². The summed E-state index contributed by atoms with van der Waals surface area (Å²) < 4.78 is 0. The van der Waals surface area contributed by atoms with Crippen LogP contribution < -0.4 is 5.32 Å². The maximum Gasteiger partial charge on any atom is 0.0236 e. The molecule has 0 atom stereocenters. The zero-order valence-corrected chi connectivity index (χ0v) is 11.8. The summed E-state index contributed by atoms with van der Waals surface area (Å²) >= 11 is 0. The summed E-state index contributed by atoms with van der Waals surface area (Å²) in [4.78, 5) is 2.64. The summed E-state index contributed by atoms with van der Waals surface area (Å²) in [6.45, 7) is 8.80. The van der Waals surface area contributed by atoms with Crippen LogP contribution >= 0.6 is 0 Å². The summed E-state index contributed by atoms with van der Waals surface area (Å²) in [5.74, 6) is 0. The average molecular weight is 246 g/mol. The first-order chi connectivity index (χ1) is 8.83. The van der Waals surface area contributed by atoms with E-state index in [9.17, 15) is 0 Å². The molecule has 2 rings (SSSR count). The summed E-state index contributed by atoms with van der Waals surface area (Å²) in [5, 5.41) is 3.36. The van der Waals surface area contributed by atoms with Crippen molar-refractivity contribution in [3.63, 3.8) is 0 Å². The first-order valence-corrected chi connectivity index (χ1v) is 7.36. The fourth-order valence-corrected chi connectivity index (χ4v) is 2.38. The van der Waals surface area contributed by atoms with Gasteiger partial charge < -0.3 is 5.32 Å². The summed E-state index contributed by atoms with van der Waals surface area (Å²) in [7, 11) is 0. The summed E-state index contributed by atoms with van der Waals surface area (Å²) in [5.41, 5.74) is 2.84. The van der Waals surface area contributed by atoms with Gasteiger partial charge in [-0.2, -0.15) is 0 Å². The van der Waals surface area contributed by atoms with Crippen molar-refractivity contribution in [2.75, 3.05) is 13.1 Å². The van der Waals surface area contributed by atoms with Crippen LogP contribution in [0.5, 0.6) is 0 Å². The molecule has 1 fully saturated rings. The van der Waals surface area contributed by atoms with E-state index in [0.29, 0.717) is 0 Å². The highest BCUT2D eigenvalue weighted by molar-refractivity contribution is 5.22. The third kappa shape index (κ3) is 4.11. The number of hydrogen-bond donors (Lipinski definition) is 1. The van der Waals surface area contributed by atoms with Crippen molar-refractivity contribution < 1.29 is 0 Å². The molecule has 1 aromatic carbocycles. The van der Waals surface area contributed by atoms with E-state index in [2.05, 4.69) is 48.3 Å². The Morgan fingerprint density at radius 2 is 1.78 bits per heavy atom. The van der Waals surface area contributed by atoms with Crippen molar-refractivity contribution in [3.05, 3.63) is 35.4 Å². The lowest BCUT2D eigenvalue weighted by Crippen LogP contribution is -2.26. The highest BCUT2D eigenvalue weighted by atomic mass is 15.2. The average Bonchev–Trinajstić information content (AvgIpc) is 3.22. The Hall–Kier alpha value is -0.860. The molecular weight excluding hydrogens is 220 g/mol. The normalized spacial score (nSPS) is 15.3. The van der Waals surface area contributed by atoms with E-state index in [4.69, 9.17) is 0 Å². The zero-order chi connectivity index (χ0) is 12.8. The predicted octanol–water partition coefficient (Wildman–Crippen LogP) is 3.17. The van der Waals surface area contributed by atoms with Crippen LogP contribution in [0.2, 0.25) is 0 Å². The summed E-state index contributed by atoms with van der Waals surface area (Å²) in [6, 6.07) is 9.96. The standard InChI is InChI=1S/C16H26N2/c1-3-11-18(16-9-10-16)13-15-7-5-14(6-8-15)12-17-4-2/h5-8,16-17H,3-4,9-13H2,1-2H3. The molecule has 0 spiro atoms. The molecule has 2 nitrogen and oxygen atoms in total. The lowest BCUT2D eigenvalue weighted by Gasteiger charge is -2.21. The monoisotopic (exact) mass is 246 g/mol. The molecule has 0 heterocycles. The van der Waals surface area contributed by atoms with E-state index in [-0.39, 0.29) is 0 Å². The van der Waals surface area contributed by atoms with Gasteiger partial charge in [0, 0.05) is 19.1 Å². The SMILES string of the molecule is CCCN(Cc1ccc(CNCC)cc1)C1CC1. The number of nitrogens with zero attached hydrogens (tertiary/aromatic N) is 1. The molecule has 0 unspecified atom stereocenters. The van der Waals surface area contributed by atoms with Crippen molar-refractivity contribution >= 4 is 0 Å². The van der Waals surface area contributed by atoms with E-state index in [0.717, 1.165) is 25.7 Å². The first-order valence-electron chi connectivity index (χ1n) is 7.36. The molecular formula is C16H26N2. The van der Waals surface area contributed by atoms with Gasteiger partial charge in [-0.15, -0.1) is 0 Å². The maximum atomic E-state index is 3.36. The molecule has 0 amide bonds. The molecule has 18 heavy (non-hydrogen) atoms. The molecule has 1 aliphatic carbocycles. The third-order valence-electron chi connectivity index (χ3n) is 3.56. The minimum atomic E-state index is 0.867. The highest BCUT2D eigenvalue weighted by Gasteiger charge is 2.27. The molecule has 0 aliphatic heterocycles. The first kappa shape index (κ1) is 13.6. The Morgan fingerprint density at radius 1 is 1.11 bits per heavy atom. The Labute approximate surface area is 111 Å². The lowest BCUT2D eigenvalue weighted by atomic mass is 10.1. The van der Waals surface area contributed by atoms with E-state index in [1.165, 1.54) is 36.9 Å². The molecule has 1 aromatic rings. The largest absolute Gasteiger partial charge is 0.313 e. The second kappa shape index (κ2) is 6.91. The Balaban J connectivity index is 1.87. The Bertz CT molecular complexity index is 341. The van der Waals surface area contributed by atoms with Gasteiger partial charge in [-0.1, -0.05) is 38.1 Å². The number of nitrogens with one attached hydrogen (secondary N) is 1.